The Labute approximate surface area is 353 Å². The van der Waals surface area contributed by atoms with Crippen LogP contribution in [0.15, 0.2) is 47.5 Å². The second-order valence-corrected chi connectivity index (χ2v) is 17.1. The second kappa shape index (κ2) is 19.6. The van der Waals surface area contributed by atoms with E-state index in [1.54, 1.807) is 11.3 Å². The molecule has 2 aliphatic heterocycles. The fourth-order valence-electron chi connectivity index (χ4n) is 7.98. The number of likely N-dealkylation sites (tertiary alicyclic amines) is 1. The molecule has 0 spiro atoms. The minimum Gasteiger partial charge on any atom is -0.379 e. The van der Waals surface area contributed by atoms with E-state index in [0.29, 0.717) is 101 Å². The lowest BCUT2D eigenvalue weighted by Crippen LogP contribution is -2.40. The molecule has 1 saturated heterocycles. The number of hydrogen-bond donors (Lipinski definition) is 1. The highest BCUT2D eigenvalue weighted by Crippen LogP contribution is 2.39. The van der Waals surface area contributed by atoms with Crippen LogP contribution in [-0.4, -0.2) is 108 Å². The van der Waals surface area contributed by atoms with Crippen molar-refractivity contribution in [3.63, 3.8) is 0 Å². The molecule has 3 aliphatic rings. The number of halogens is 1. The van der Waals surface area contributed by atoms with Gasteiger partial charge in [-0.3, -0.25) is 28.7 Å². The van der Waals surface area contributed by atoms with Crippen LogP contribution in [0.2, 0.25) is 5.02 Å². The van der Waals surface area contributed by atoms with Gasteiger partial charge in [-0.1, -0.05) is 29.8 Å². The molecule has 4 aromatic rings. The van der Waals surface area contributed by atoms with Crippen LogP contribution in [0, 0.1) is 26.7 Å². The average Bonchev–Trinajstić information content (AvgIpc) is 3.86. The normalized spacial score (nSPS) is 17.3. The van der Waals surface area contributed by atoms with E-state index in [1.807, 2.05) is 58.9 Å². The fourth-order valence-corrected chi connectivity index (χ4v) is 9.32. The third kappa shape index (κ3) is 10.4. The number of benzene rings is 2. The first-order valence-corrected chi connectivity index (χ1v) is 21.6. The summed E-state index contributed by atoms with van der Waals surface area (Å²) in [5.41, 5.74) is 6.45. The Morgan fingerprint density at radius 2 is 1.63 bits per heavy atom. The molecule has 1 unspecified atom stereocenters. The first-order chi connectivity index (χ1) is 28.5. The van der Waals surface area contributed by atoms with Crippen molar-refractivity contribution in [2.75, 3.05) is 59.3 Å². The van der Waals surface area contributed by atoms with Gasteiger partial charge in [0.1, 0.15) is 28.4 Å². The fraction of sp³-hybridized carbons (Fsp3) is 0.477. The van der Waals surface area contributed by atoms with Gasteiger partial charge in [0.05, 0.1) is 51.8 Å². The maximum Gasteiger partial charge on any atom is 0.253 e. The maximum atomic E-state index is 13.2. The molecule has 4 heterocycles. The summed E-state index contributed by atoms with van der Waals surface area (Å²) in [7, 11) is 0. The largest absolute Gasteiger partial charge is 0.379 e. The van der Waals surface area contributed by atoms with Gasteiger partial charge in [-0.05, 0) is 80.5 Å². The van der Waals surface area contributed by atoms with Crippen LogP contribution >= 0.6 is 22.9 Å². The summed E-state index contributed by atoms with van der Waals surface area (Å²) in [4.78, 5) is 59.1. The zero-order chi connectivity index (χ0) is 41.5. The van der Waals surface area contributed by atoms with Crippen molar-refractivity contribution in [2.45, 2.75) is 71.8 Å². The molecule has 1 N–H and O–H groups in total. The van der Waals surface area contributed by atoms with Gasteiger partial charge in [-0.25, -0.2) is 0 Å². The number of nitrogens with one attached hydrogen (secondary N) is 1. The number of carbonyl (C=O) groups is 4. The molecule has 312 valence electrons. The van der Waals surface area contributed by atoms with Crippen molar-refractivity contribution in [2.24, 2.45) is 10.9 Å². The van der Waals surface area contributed by atoms with E-state index in [1.165, 1.54) is 4.88 Å². The lowest BCUT2D eigenvalue weighted by Gasteiger charge is -2.32. The highest BCUT2D eigenvalue weighted by molar-refractivity contribution is 7.15. The summed E-state index contributed by atoms with van der Waals surface area (Å²) >= 11 is 7.88. The number of aromatic nitrogens is 3. The Balaban J connectivity index is 0.760. The predicted molar refractivity (Wildman–Crippen MR) is 225 cm³/mol. The molecule has 2 aromatic carbocycles. The van der Waals surface area contributed by atoms with Crippen molar-refractivity contribution in [1.29, 1.82) is 0 Å². The number of amides is 2. The number of nitrogens with zero attached hydrogens (tertiary/aromatic N) is 5. The molecular weight excluding hydrogens is 792 g/mol. The van der Waals surface area contributed by atoms with Crippen LogP contribution in [0.3, 0.4) is 0 Å². The Bertz CT molecular complexity index is 2220. The van der Waals surface area contributed by atoms with Crippen LogP contribution in [0.5, 0.6) is 0 Å². The summed E-state index contributed by atoms with van der Waals surface area (Å²) in [5, 5.41) is 13.4. The number of thiophene rings is 1. The average molecular weight is 843 g/mol. The predicted octanol–water partition coefficient (Wildman–Crippen LogP) is 5.93. The monoisotopic (exact) mass is 842 g/mol. The number of carbonyl (C=O) groups excluding carboxylic acids is 4. The summed E-state index contributed by atoms with van der Waals surface area (Å²) in [5.74, 6) is 1.62. The van der Waals surface area contributed by atoms with Gasteiger partial charge in [0.15, 0.2) is 5.82 Å². The second-order valence-electron chi connectivity index (χ2n) is 15.4. The molecular formula is C44H51ClN6O7S. The van der Waals surface area contributed by atoms with Crippen LogP contribution < -0.4 is 5.32 Å². The number of ether oxygens (including phenoxy) is 3. The molecule has 1 fully saturated rings. The zero-order valence-electron chi connectivity index (χ0n) is 33.9. The van der Waals surface area contributed by atoms with Crippen molar-refractivity contribution in [3.05, 3.63) is 97.4 Å². The number of hydrogen-bond acceptors (Lipinski definition) is 11. The summed E-state index contributed by atoms with van der Waals surface area (Å²) in [6.45, 7) is 9.80. The Kier molecular flexibility index (Phi) is 14.2. The number of rotatable bonds is 18. The number of fused-ring (bicyclic) bond motifs is 4. The van der Waals surface area contributed by atoms with E-state index in [2.05, 4.69) is 29.4 Å². The van der Waals surface area contributed by atoms with Crippen LogP contribution in [-0.2, 0) is 41.4 Å². The number of ketones is 2. The van der Waals surface area contributed by atoms with E-state index in [9.17, 15) is 19.2 Å². The van der Waals surface area contributed by atoms with E-state index in [-0.39, 0.29) is 35.7 Å². The molecule has 7 rings (SSSR count). The molecule has 1 aliphatic carbocycles. The Hall–Kier alpha value is -4.60. The summed E-state index contributed by atoms with van der Waals surface area (Å²) in [6, 6.07) is 12.6. The standard InChI is InChI=1S/C44H51ClN6O7S/c1-27-28(2)59-44-40(27)41(31-8-10-35(45)11-9-31)47-38(42-49-48-29(3)51(42)44)25-39(54)46-13-16-57-18-20-58-19-17-56-15-12-36(52)21-30-5-4-14-50(26-30)43(55)33-7-6-32-23-37(53)24-34(32)22-33/h6-11,22,30,38H,4-5,12-21,23-26H2,1-3H3,(H,46,54)/t30?,38-/m0/s1. The van der Waals surface area contributed by atoms with Gasteiger partial charge < -0.3 is 24.4 Å². The third-order valence-corrected chi connectivity index (χ3v) is 12.6. The molecule has 0 saturated carbocycles. The minimum atomic E-state index is -0.549. The quantitative estimate of drug-likeness (QED) is 0.120. The Morgan fingerprint density at radius 1 is 0.898 bits per heavy atom. The Morgan fingerprint density at radius 3 is 2.41 bits per heavy atom. The van der Waals surface area contributed by atoms with Crippen molar-refractivity contribution < 1.29 is 33.4 Å². The third-order valence-electron chi connectivity index (χ3n) is 11.1. The molecule has 0 radical (unpaired) electrons. The van der Waals surface area contributed by atoms with Gasteiger partial charge in [0, 0.05) is 71.9 Å². The molecule has 0 bridgehead atoms. The summed E-state index contributed by atoms with van der Waals surface area (Å²) in [6.07, 6.45) is 3.48. The zero-order valence-corrected chi connectivity index (χ0v) is 35.5. The number of piperidine rings is 1. The van der Waals surface area contributed by atoms with Crippen LogP contribution in [0.25, 0.3) is 5.00 Å². The molecule has 2 aromatic heterocycles. The molecule has 15 heteroatoms. The van der Waals surface area contributed by atoms with Gasteiger partial charge >= 0.3 is 0 Å². The lowest BCUT2D eigenvalue weighted by molar-refractivity contribution is -0.122. The highest BCUT2D eigenvalue weighted by Gasteiger charge is 2.33. The molecule has 2 atom stereocenters. The van der Waals surface area contributed by atoms with Gasteiger partial charge in [0.25, 0.3) is 5.91 Å². The first kappa shape index (κ1) is 42.5. The topological polar surface area (TPSA) is 154 Å². The minimum absolute atomic E-state index is 0.0310. The van der Waals surface area contributed by atoms with E-state index in [4.69, 9.17) is 30.8 Å². The van der Waals surface area contributed by atoms with Gasteiger partial charge in [-0.2, -0.15) is 0 Å². The molecule has 13 nitrogen and oxygen atoms in total. The van der Waals surface area contributed by atoms with Crippen LogP contribution in [0.4, 0.5) is 0 Å². The maximum absolute atomic E-state index is 13.2. The van der Waals surface area contributed by atoms with Crippen molar-refractivity contribution >= 4 is 52.0 Å². The summed E-state index contributed by atoms with van der Waals surface area (Å²) < 4.78 is 18.9. The van der Waals surface area contributed by atoms with E-state index in [0.717, 1.165) is 57.2 Å². The number of aliphatic imine (C=N–C) groups is 1. The molecule has 59 heavy (non-hydrogen) atoms. The van der Waals surface area contributed by atoms with E-state index < -0.39 is 6.04 Å². The van der Waals surface area contributed by atoms with Gasteiger partial charge in [-0.15, -0.1) is 21.5 Å². The van der Waals surface area contributed by atoms with Crippen molar-refractivity contribution in [3.8, 4) is 5.00 Å². The molecule has 2 amide bonds. The smallest absolute Gasteiger partial charge is 0.253 e. The SMILES string of the molecule is Cc1sc2c(c1C)C(c1ccc(Cl)cc1)=N[C@@H](CC(=O)NCCOCCOCCOCCC(=O)CC1CCCN(C(=O)c3ccc4c(c3)CC(=O)C4)C1)c1nnc(C)n1-2. The van der Waals surface area contributed by atoms with E-state index >= 15 is 0 Å². The van der Waals surface area contributed by atoms with Crippen molar-refractivity contribution in [1.82, 2.24) is 25.0 Å². The lowest BCUT2D eigenvalue weighted by atomic mass is 9.91. The number of Topliss-reactive ketones (excluding diaryl/α,β-unsaturated/α-hetero) is 2. The first-order valence-electron chi connectivity index (χ1n) is 20.4. The van der Waals surface area contributed by atoms with Crippen LogP contribution in [0.1, 0.15) is 92.8 Å². The van der Waals surface area contributed by atoms with Gasteiger partial charge in [0.2, 0.25) is 5.91 Å². The number of aryl methyl sites for hydroxylation is 2. The highest BCUT2D eigenvalue weighted by atomic mass is 35.5.